The highest BCUT2D eigenvalue weighted by Crippen LogP contribution is 2.35. The summed E-state index contributed by atoms with van der Waals surface area (Å²) in [7, 11) is -0.978. The lowest BCUT2D eigenvalue weighted by Crippen LogP contribution is -2.68. The van der Waals surface area contributed by atoms with Crippen LogP contribution >= 0.6 is 22.3 Å². The van der Waals surface area contributed by atoms with Crippen LogP contribution in [0.5, 0.6) is 0 Å². The molecule has 0 spiro atoms. The van der Waals surface area contributed by atoms with Gasteiger partial charge in [-0.2, -0.15) is 0 Å². The fourth-order valence-corrected chi connectivity index (χ4v) is 1.37. The molecule has 11 heteroatoms. The summed E-state index contributed by atoms with van der Waals surface area (Å²) in [6, 6.07) is 0. The van der Waals surface area contributed by atoms with Crippen molar-refractivity contribution in [3.05, 3.63) is 0 Å². The monoisotopic (exact) mass is 272 g/mol. The smallest absolute Gasteiger partial charge is 0.346 e. The molecule has 0 atom stereocenters. The van der Waals surface area contributed by atoms with Gasteiger partial charge in [0.15, 0.2) is 0 Å². The van der Waals surface area contributed by atoms with Gasteiger partial charge in [-0.25, -0.2) is 8.42 Å². The normalized spacial score (nSPS) is 15.7. The first-order valence-corrected chi connectivity index (χ1v) is 5.41. The molecule has 8 nitrogen and oxygen atoms in total. The lowest BCUT2D eigenvalue weighted by molar-refractivity contribution is -0.397. The van der Waals surface area contributed by atoms with Crippen molar-refractivity contribution >= 4 is 31.3 Å². The third-order valence-corrected chi connectivity index (χ3v) is 3.11. The summed E-state index contributed by atoms with van der Waals surface area (Å²) in [4.78, 5) is 0. The Morgan fingerprint density at radius 1 is 0.929 bits per heavy atom. The summed E-state index contributed by atoms with van der Waals surface area (Å²) in [5.74, 6) is -4.41. The van der Waals surface area contributed by atoms with Gasteiger partial charge in [-0.05, 0) is 0 Å². The van der Waals surface area contributed by atoms with Crippen molar-refractivity contribution in [2.24, 2.45) is 0 Å². The number of halogens is 2. The van der Waals surface area contributed by atoms with Crippen LogP contribution in [0.15, 0.2) is 0 Å². The highest BCUT2D eigenvalue weighted by molar-refractivity contribution is 8.14. The minimum atomic E-state index is -5.36. The Kier molecular flexibility index (Phi) is 3.47. The molecule has 6 N–H and O–H groups in total. The largest absolute Gasteiger partial charge is 0.355 e. The van der Waals surface area contributed by atoms with Crippen LogP contribution in [0.1, 0.15) is 0 Å². The zero-order valence-electron chi connectivity index (χ0n) is 6.16. The van der Waals surface area contributed by atoms with Crippen molar-refractivity contribution < 1.29 is 39.1 Å². The van der Waals surface area contributed by atoms with E-state index in [2.05, 4.69) is 22.3 Å². The molecular weight excluding hydrogens is 267 g/mol. The lowest BCUT2D eigenvalue weighted by atomic mass is 10.2. The fourth-order valence-electron chi connectivity index (χ4n) is 0.377. The number of hydrogen-bond donors (Lipinski definition) is 6. The minimum absolute atomic E-state index is 4.04. The Balaban J connectivity index is 5.54. The summed E-state index contributed by atoms with van der Waals surface area (Å²) in [6.45, 7) is 0. The second-order valence-corrected chi connectivity index (χ2v) is 5.50. The second-order valence-electron chi connectivity index (χ2n) is 2.31. The molecule has 0 unspecified atom stereocenters. The Morgan fingerprint density at radius 2 is 1.21 bits per heavy atom. The van der Waals surface area contributed by atoms with E-state index in [0.29, 0.717) is 0 Å². The molecule has 0 saturated carbocycles. The van der Waals surface area contributed by atoms with Crippen molar-refractivity contribution in [2.45, 2.75) is 16.2 Å². The lowest BCUT2D eigenvalue weighted by Gasteiger charge is -2.36. The van der Waals surface area contributed by atoms with Gasteiger partial charge in [0.25, 0.3) is 9.05 Å². The van der Waals surface area contributed by atoms with Crippen LogP contribution in [0.25, 0.3) is 0 Å². The van der Waals surface area contributed by atoms with E-state index in [4.69, 9.17) is 30.6 Å². The molecule has 0 aliphatic rings. The molecule has 0 fully saturated rings. The SMILES string of the molecule is O=S(=O)(Cl)C(O)(O)C(O)(O)C(O)(O)Cl. The Labute approximate surface area is 87.0 Å². The fraction of sp³-hybridized carbons (Fsp3) is 1.00. The van der Waals surface area contributed by atoms with Gasteiger partial charge in [-0.15, -0.1) is 0 Å². The maximum Gasteiger partial charge on any atom is 0.346 e. The predicted molar refractivity (Wildman–Crippen MR) is 42.1 cm³/mol. The highest BCUT2D eigenvalue weighted by atomic mass is 35.7. The van der Waals surface area contributed by atoms with E-state index in [-0.39, 0.29) is 0 Å². The summed E-state index contributed by atoms with van der Waals surface area (Å²) < 4.78 is 20.8. The molecule has 86 valence electrons. The molecule has 0 heterocycles. The molecule has 0 amide bonds. The summed E-state index contributed by atoms with van der Waals surface area (Å²) in [5, 5.41) is 43.0. The molecule has 0 aliphatic heterocycles. The maximum atomic E-state index is 10.4. The van der Waals surface area contributed by atoms with E-state index >= 15 is 0 Å². The van der Waals surface area contributed by atoms with E-state index < -0.39 is 25.2 Å². The first-order valence-electron chi connectivity index (χ1n) is 2.72. The molecule has 0 aromatic heterocycles. The van der Waals surface area contributed by atoms with Crippen molar-refractivity contribution in [3.63, 3.8) is 0 Å². The molecule has 14 heavy (non-hydrogen) atoms. The number of aliphatic hydroxyl groups is 6. The molecule has 0 radical (unpaired) electrons. The highest BCUT2D eigenvalue weighted by Gasteiger charge is 2.68. The Hall–Kier alpha value is 0.290. The van der Waals surface area contributed by atoms with E-state index in [1.807, 2.05) is 0 Å². The molecular formula is C3H6Cl2O8S. The van der Waals surface area contributed by atoms with Crippen molar-refractivity contribution in [2.75, 3.05) is 0 Å². The van der Waals surface area contributed by atoms with Gasteiger partial charge in [0.2, 0.25) is 0 Å². The van der Waals surface area contributed by atoms with Crippen LogP contribution in [-0.4, -0.2) is 55.2 Å². The van der Waals surface area contributed by atoms with Crippen LogP contribution in [0.2, 0.25) is 0 Å². The maximum absolute atomic E-state index is 10.4. The van der Waals surface area contributed by atoms with Gasteiger partial charge in [0, 0.05) is 10.7 Å². The first kappa shape index (κ1) is 14.3. The standard InChI is InChI=1S/C3H6Cl2O8S/c4-2(8,9)1(6,7)3(10,11)14(5,12)13/h6-11H. The Bertz CT molecular complexity index is 312. The average Bonchev–Trinajstić information content (AvgIpc) is 1.81. The molecule has 0 aromatic carbocycles. The molecule has 0 aliphatic carbocycles. The molecule has 0 rings (SSSR count). The quantitative estimate of drug-likeness (QED) is 0.178. The van der Waals surface area contributed by atoms with Gasteiger partial charge < -0.3 is 30.6 Å². The van der Waals surface area contributed by atoms with Crippen LogP contribution in [0.3, 0.4) is 0 Å². The van der Waals surface area contributed by atoms with Gasteiger partial charge in [-0.3, -0.25) is 0 Å². The predicted octanol–water partition coefficient (Wildman–Crippen LogP) is -3.25. The van der Waals surface area contributed by atoms with Crippen LogP contribution in [0, 0.1) is 0 Å². The number of hydrogen-bond acceptors (Lipinski definition) is 8. The number of alkyl halides is 1. The molecule has 0 aromatic rings. The topological polar surface area (TPSA) is 156 Å². The zero-order valence-corrected chi connectivity index (χ0v) is 8.49. The van der Waals surface area contributed by atoms with E-state index in [9.17, 15) is 8.42 Å². The van der Waals surface area contributed by atoms with Crippen molar-refractivity contribution in [3.8, 4) is 0 Å². The molecule has 0 bridgehead atoms. The summed E-state index contributed by atoms with van der Waals surface area (Å²) in [5.41, 5.74) is 0. The van der Waals surface area contributed by atoms with Gasteiger partial charge in [0.1, 0.15) is 0 Å². The number of rotatable bonds is 3. The van der Waals surface area contributed by atoms with Gasteiger partial charge >= 0.3 is 16.2 Å². The van der Waals surface area contributed by atoms with Crippen LogP contribution in [-0.2, 0) is 9.05 Å². The van der Waals surface area contributed by atoms with Crippen molar-refractivity contribution in [1.82, 2.24) is 0 Å². The molecule has 0 saturated heterocycles. The van der Waals surface area contributed by atoms with Gasteiger partial charge in [0.05, 0.1) is 0 Å². The van der Waals surface area contributed by atoms with E-state index in [1.54, 1.807) is 0 Å². The third kappa shape index (κ3) is 2.10. The van der Waals surface area contributed by atoms with Crippen LogP contribution < -0.4 is 0 Å². The van der Waals surface area contributed by atoms with E-state index in [1.165, 1.54) is 0 Å². The third-order valence-electron chi connectivity index (χ3n) is 1.24. The minimum Gasteiger partial charge on any atom is -0.355 e. The Morgan fingerprint density at radius 3 is 1.29 bits per heavy atom. The summed E-state index contributed by atoms with van der Waals surface area (Å²) in [6.07, 6.45) is 0. The zero-order chi connectivity index (χ0) is 12.0. The van der Waals surface area contributed by atoms with Crippen LogP contribution in [0.4, 0.5) is 0 Å². The average molecular weight is 273 g/mol. The first-order chi connectivity index (χ1) is 5.75. The van der Waals surface area contributed by atoms with Gasteiger partial charge in [-0.1, -0.05) is 11.6 Å². The summed E-state index contributed by atoms with van der Waals surface area (Å²) >= 11 is 4.48. The van der Waals surface area contributed by atoms with Crippen molar-refractivity contribution in [1.29, 1.82) is 0 Å². The van der Waals surface area contributed by atoms with E-state index in [0.717, 1.165) is 0 Å². The second kappa shape index (κ2) is 3.40.